The lowest BCUT2D eigenvalue weighted by atomic mass is 10.1. The second-order valence-electron chi connectivity index (χ2n) is 5.23. The van der Waals surface area contributed by atoms with Gasteiger partial charge in [-0.2, -0.15) is 5.26 Å². The van der Waals surface area contributed by atoms with Crippen molar-refractivity contribution in [2.24, 2.45) is 0 Å². The molecule has 0 fully saturated rings. The number of hydrogen-bond acceptors (Lipinski definition) is 6. The van der Waals surface area contributed by atoms with Gasteiger partial charge < -0.3 is 5.32 Å². The van der Waals surface area contributed by atoms with E-state index in [1.807, 2.05) is 0 Å². The fraction of sp³-hybridized carbons (Fsp3) is 0.0588. The molecule has 2 aromatic rings. The highest BCUT2D eigenvalue weighted by Gasteiger charge is 2.14. The number of rotatable bonds is 5. The summed E-state index contributed by atoms with van der Waals surface area (Å²) in [5.41, 5.74) is 0.832. The highest BCUT2D eigenvalue weighted by atomic mass is 16.6. The highest BCUT2D eigenvalue weighted by molar-refractivity contribution is 6.10. The summed E-state index contributed by atoms with van der Waals surface area (Å²) in [5.74, 6) is -0.692. The van der Waals surface area contributed by atoms with Crippen LogP contribution in [-0.2, 0) is 4.79 Å². The SMILES string of the molecule is Cc1cc([N+](=O)[O-])ccc1NC(=O)/C(C#N)=C/c1ccc([N+](=O)[O-])cc1. The molecule has 0 atom stereocenters. The minimum absolute atomic E-state index is 0.105. The number of carbonyl (C=O) groups excluding carboxylic acids is 1. The summed E-state index contributed by atoms with van der Waals surface area (Å²) in [6.45, 7) is 1.59. The Hall–Kier alpha value is -4.06. The number of carbonyl (C=O) groups is 1. The third-order valence-electron chi connectivity index (χ3n) is 3.45. The molecule has 9 heteroatoms. The Morgan fingerprint density at radius 3 is 2.15 bits per heavy atom. The molecule has 0 bridgehead atoms. The summed E-state index contributed by atoms with van der Waals surface area (Å²) in [6.07, 6.45) is 1.29. The smallest absolute Gasteiger partial charge is 0.269 e. The summed E-state index contributed by atoms with van der Waals surface area (Å²) in [4.78, 5) is 32.5. The van der Waals surface area contributed by atoms with Crippen LogP contribution in [0.2, 0.25) is 0 Å². The third-order valence-corrected chi connectivity index (χ3v) is 3.45. The van der Waals surface area contributed by atoms with E-state index in [9.17, 15) is 30.3 Å². The van der Waals surface area contributed by atoms with E-state index in [-0.39, 0.29) is 16.9 Å². The van der Waals surface area contributed by atoms with Gasteiger partial charge in [0.05, 0.1) is 9.85 Å². The molecular weight excluding hydrogens is 340 g/mol. The maximum absolute atomic E-state index is 12.3. The molecule has 0 aromatic heterocycles. The zero-order valence-corrected chi connectivity index (χ0v) is 13.5. The van der Waals surface area contributed by atoms with Gasteiger partial charge in [0.25, 0.3) is 17.3 Å². The van der Waals surface area contributed by atoms with Crippen molar-refractivity contribution >= 4 is 29.0 Å². The first-order valence-electron chi connectivity index (χ1n) is 7.24. The van der Waals surface area contributed by atoms with Crippen LogP contribution in [0.3, 0.4) is 0 Å². The van der Waals surface area contributed by atoms with Crippen LogP contribution in [0.5, 0.6) is 0 Å². The predicted octanol–water partition coefficient (Wildman–Crippen LogP) is 3.36. The van der Waals surface area contributed by atoms with Crippen molar-refractivity contribution in [2.75, 3.05) is 5.32 Å². The fourth-order valence-electron chi connectivity index (χ4n) is 2.10. The molecule has 1 amide bonds. The molecule has 1 N–H and O–H groups in total. The van der Waals surface area contributed by atoms with Crippen LogP contribution in [0, 0.1) is 38.5 Å². The quantitative estimate of drug-likeness (QED) is 0.379. The molecule has 0 aliphatic rings. The number of non-ortho nitro benzene ring substituents is 2. The number of benzene rings is 2. The number of nitro benzene ring substituents is 2. The van der Waals surface area contributed by atoms with Crippen LogP contribution in [0.1, 0.15) is 11.1 Å². The van der Waals surface area contributed by atoms with Crippen LogP contribution < -0.4 is 5.32 Å². The third kappa shape index (κ3) is 4.27. The first kappa shape index (κ1) is 18.3. The Kier molecular flexibility index (Phi) is 5.40. The lowest BCUT2D eigenvalue weighted by molar-refractivity contribution is -0.385. The molecule has 9 nitrogen and oxygen atoms in total. The largest absolute Gasteiger partial charge is 0.321 e. The van der Waals surface area contributed by atoms with Gasteiger partial charge in [0.15, 0.2) is 0 Å². The second-order valence-corrected chi connectivity index (χ2v) is 5.23. The van der Waals surface area contributed by atoms with Crippen molar-refractivity contribution in [3.63, 3.8) is 0 Å². The minimum atomic E-state index is -0.692. The molecule has 0 heterocycles. The molecule has 0 aliphatic heterocycles. The van der Waals surface area contributed by atoms with Crippen molar-refractivity contribution in [1.82, 2.24) is 0 Å². The minimum Gasteiger partial charge on any atom is -0.321 e. The van der Waals surface area contributed by atoms with E-state index in [2.05, 4.69) is 5.32 Å². The number of hydrogen-bond donors (Lipinski definition) is 1. The van der Waals surface area contributed by atoms with Crippen molar-refractivity contribution in [3.8, 4) is 6.07 Å². The van der Waals surface area contributed by atoms with Gasteiger partial charge in [-0.05, 0) is 42.3 Å². The zero-order valence-electron chi connectivity index (χ0n) is 13.5. The van der Waals surface area contributed by atoms with Crippen molar-refractivity contribution < 1.29 is 14.6 Å². The van der Waals surface area contributed by atoms with Crippen molar-refractivity contribution in [1.29, 1.82) is 5.26 Å². The molecule has 0 unspecified atom stereocenters. The average molecular weight is 352 g/mol. The van der Waals surface area contributed by atoms with Gasteiger partial charge in [0.1, 0.15) is 11.6 Å². The summed E-state index contributed by atoms with van der Waals surface area (Å²) < 4.78 is 0. The standard InChI is InChI=1S/C17H12N4O5/c1-11-8-15(21(25)26)6-7-16(11)19-17(22)13(10-18)9-12-2-4-14(5-3-12)20(23)24/h2-9H,1H3,(H,19,22)/b13-9+. The number of aryl methyl sites for hydroxylation is 1. The van der Waals surface area contributed by atoms with Gasteiger partial charge in [-0.15, -0.1) is 0 Å². The number of amides is 1. The van der Waals surface area contributed by atoms with Gasteiger partial charge in [-0.1, -0.05) is 0 Å². The molecule has 2 aromatic carbocycles. The Labute approximate surface area is 147 Å². The number of anilines is 1. The number of nitrogens with zero attached hydrogens (tertiary/aromatic N) is 3. The summed E-state index contributed by atoms with van der Waals surface area (Å²) in [6, 6.07) is 11.1. The van der Waals surface area contributed by atoms with Crippen LogP contribution in [0.25, 0.3) is 6.08 Å². The lowest BCUT2D eigenvalue weighted by Crippen LogP contribution is -2.14. The Morgan fingerprint density at radius 2 is 1.65 bits per heavy atom. The van der Waals surface area contributed by atoms with Crippen molar-refractivity contribution in [3.05, 3.63) is 79.4 Å². The maximum Gasteiger partial charge on any atom is 0.269 e. The summed E-state index contributed by atoms with van der Waals surface area (Å²) >= 11 is 0. The number of nitriles is 1. The second kappa shape index (κ2) is 7.67. The Bertz CT molecular complexity index is 958. The molecule has 0 aliphatic carbocycles. The fourth-order valence-corrected chi connectivity index (χ4v) is 2.10. The van der Waals surface area contributed by atoms with E-state index in [0.29, 0.717) is 16.8 Å². The first-order valence-corrected chi connectivity index (χ1v) is 7.24. The lowest BCUT2D eigenvalue weighted by Gasteiger charge is -2.07. The molecule has 26 heavy (non-hydrogen) atoms. The van der Waals surface area contributed by atoms with E-state index < -0.39 is 15.8 Å². The summed E-state index contributed by atoms with van der Waals surface area (Å²) in [5, 5.41) is 33.1. The molecule has 0 saturated carbocycles. The van der Waals surface area contributed by atoms with Crippen molar-refractivity contribution in [2.45, 2.75) is 6.92 Å². The zero-order chi connectivity index (χ0) is 19.3. The van der Waals surface area contributed by atoms with Gasteiger partial charge in [-0.3, -0.25) is 25.0 Å². The van der Waals surface area contributed by atoms with Crippen LogP contribution in [0.15, 0.2) is 48.0 Å². The van der Waals surface area contributed by atoms with Gasteiger partial charge in [0, 0.05) is 30.0 Å². The molecule has 0 radical (unpaired) electrons. The van der Waals surface area contributed by atoms with Crippen LogP contribution >= 0.6 is 0 Å². The molecule has 0 spiro atoms. The van der Waals surface area contributed by atoms with E-state index in [0.717, 1.165) is 0 Å². The van der Waals surface area contributed by atoms with E-state index in [1.165, 1.54) is 48.5 Å². The van der Waals surface area contributed by atoms with E-state index >= 15 is 0 Å². The molecule has 130 valence electrons. The monoisotopic (exact) mass is 352 g/mol. The summed E-state index contributed by atoms with van der Waals surface area (Å²) in [7, 11) is 0. The first-order chi connectivity index (χ1) is 12.3. The Balaban J connectivity index is 2.22. The average Bonchev–Trinajstić information content (AvgIpc) is 2.61. The van der Waals surface area contributed by atoms with E-state index in [1.54, 1.807) is 13.0 Å². The van der Waals surface area contributed by atoms with Gasteiger partial charge in [0.2, 0.25) is 0 Å². The molecule has 2 rings (SSSR count). The molecule has 0 saturated heterocycles. The number of nitro groups is 2. The maximum atomic E-state index is 12.3. The van der Waals surface area contributed by atoms with Gasteiger partial charge >= 0.3 is 0 Å². The highest BCUT2D eigenvalue weighted by Crippen LogP contribution is 2.22. The van der Waals surface area contributed by atoms with Gasteiger partial charge in [-0.25, -0.2) is 0 Å². The Morgan fingerprint density at radius 1 is 1.08 bits per heavy atom. The number of nitrogens with one attached hydrogen (secondary N) is 1. The molecular formula is C17H12N4O5. The van der Waals surface area contributed by atoms with E-state index in [4.69, 9.17) is 0 Å². The predicted molar refractivity (Wildman–Crippen MR) is 93.1 cm³/mol. The topological polar surface area (TPSA) is 139 Å². The van der Waals surface area contributed by atoms with Crippen LogP contribution in [-0.4, -0.2) is 15.8 Å². The van der Waals surface area contributed by atoms with Crippen LogP contribution in [0.4, 0.5) is 17.1 Å². The normalized spacial score (nSPS) is 10.7.